The highest BCUT2D eigenvalue weighted by Crippen LogP contribution is 2.38. The molecule has 1 aliphatic heterocycles. The van der Waals surface area contributed by atoms with Crippen LogP contribution in [-0.4, -0.2) is 19.1 Å². The average molecular weight is 344 g/mol. The molecule has 24 heavy (non-hydrogen) atoms. The molecule has 0 radical (unpaired) electrons. The number of benzene rings is 1. The quantitative estimate of drug-likeness (QED) is 0.894. The van der Waals surface area contributed by atoms with Crippen molar-refractivity contribution in [1.29, 1.82) is 0 Å². The minimum atomic E-state index is -0.334. The van der Waals surface area contributed by atoms with E-state index >= 15 is 0 Å². The molecule has 3 N–H and O–H groups in total. The minimum Gasteiger partial charge on any atom is -0.486 e. The number of thiophene rings is 1. The van der Waals surface area contributed by atoms with Crippen LogP contribution in [0.25, 0.3) is 0 Å². The van der Waals surface area contributed by atoms with Gasteiger partial charge in [0, 0.05) is 11.4 Å². The van der Waals surface area contributed by atoms with Crippen molar-refractivity contribution in [2.24, 2.45) is 5.73 Å². The number of amides is 1. The van der Waals surface area contributed by atoms with E-state index in [9.17, 15) is 4.79 Å². The number of anilines is 1. The van der Waals surface area contributed by atoms with Gasteiger partial charge in [-0.1, -0.05) is 6.07 Å². The van der Waals surface area contributed by atoms with E-state index in [1.165, 1.54) is 11.3 Å². The Bertz CT molecular complexity index is 785. The van der Waals surface area contributed by atoms with Gasteiger partial charge in [0.2, 0.25) is 0 Å². The standard InChI is InChI=1S/C18H20N2O3S/c19-17(21)16-12-3-1-2-4-15(12)24-18(16)20-10-11-5-6-13-14(9-11)23-8-7-22-13/h5-6,9,20H,1-4,7-8,10H2,(H2,19,21). The zero-order valence-corrected chi connectivity index (χ0v) is 14.2. The molecule has 5 nitrogen and oxygen atoms in total. The SMILES string of the molecule is NC(=O)c1c(NCc2ccc3c(c2)OCCO3)sc2c1CCCC2. The van der Waals surface area contributed by atoms with Crippen LogP contribution in [-0.2, 0) is 19.4 Å². The van der Waals surface area contributed by atoms with Crippen LogP contribution in [0.2, 0.25) is 0 Å². The maximum atomic E-state index is 11.9. The third-order valence-electron chi connectivity index (χ3n) is 4.48. The minimum absolute atomic E-state index is 0.334. The summed E-state index contributed by atoms with van der Waals surface area (Å²) in [6.07, 6.45) is 4.32. The number of hydrogen-bond donors (Lipinski definition) is 2. The van der Waals surface area contributed by atoms with E-state index in [0.717, 1.165) is 46.9 Å². The van der Waals surface area contributed by atoms with Gasteiger partial charge in [-0.3, -0.25) is 4.79 Å². The lowest BCUT2D eigenvalue weighted by Gasteiger charge is -2.19. The third-order valence-corrected chi connectivity index (χ3v) is 5.73. The maximum absolute atomic E-state index is 11.9. The molecule has 0 saturated heterocycles. The Balaban J connectivity index is 1.55. The predicted octanol–water partition coefficient (Wildman–Crippen LogP) is 3.11. The molecule has 1 aromatic heterocycles. The first-order valence-corrected chi connectivity index (χ1v) is 9.11. The van der Waals surface area contributed by atoms with Crippen molar-refractivity contribution in [3.8, 4) is 11.5 Å². The summed E-state index contributed by atoms with van der Waals surface area (Å²) < 4.78 is 11.2. The van der Waals surface area contributed by atoms with Crippen molar-refractivity contribution in [2.45, 2.75) is 32.2 Å². The molecular weight excluding hydrogens is 324 g/mol. The van der Waals surface area contributed by atoms with Gasteiger partial charge in [-0.15, -0.1) is 11.3 Å². The average Bonchev–Trinajstić information content (AvgIpc) is 2.98. The Morgan fingerprint density at radius 3 is 2.79 bits per heavy atom. The van der Waals surface area contributed by atoms with Gasteiger partial charge in [0.1, 0.15) is 18.2 Å². The molecule has 0 atom stereocenters. The van der Waals surface area contributed by atoms with Crippen LogP contribution in [0.15, 0.2) is 18.2 Å². The van der Waals surface area contributed by atoms with Crippen molar-refractivity contribution in [3.63, 3.8) is 0 Å². The molecule has 2 heterocycles. The Labute approximate surface area is 144 Å². The second-order valence-electron chi connectivity index (χ2n) is 6.11. The van der Waals surface area contributed by atoms with Crippen LogP contribution in [0.3, 0.4) is 0 Å². The van der Waals surface area contributed by atoms with Crippen molar-refractivity contribution >= 4 is 22.2 Å². The second kappa shape index (κ2) is 6.36. The topological polar surface area (TPSA) is 73.6 Å². The van der Waals surface area contributed by atoms with Gasteiger partial charge in [0.25, 0.3) is 5.91 Å². The number of primary amides is 1. The zero-order valence-electron chi connectivity index (χ0n) is 13.4. The van der Waals surface area contributed by atoms with Gasteiger partial charge in [0.15, 0.2) is 11.5 Å². The first kappa shape index (κ1) is 15.3. The summed E-state index contributed by atoms with van der Waals surface area (Å²) in [5, 5.41) is 4.29. The summed E-state index contributed by atoms with van der Waals surface area (Å²) in [6.45, 7) is 1.79. The number of rotatable bonds is 4. The molecule has 1 amide bonds. The third kappa shape index (κ3) is 2.82. The van der Waals surface area contributed by atoms with Crippen LogP contribution in [0, 0.1) is 0 Å². The predicted molar refractivity (Wildman–Crippen MR) is 94.2 cm³/mol. The summed E-state index contributed by atoms with van der Waals surface area (Å²) in [5.74, 6) is 1.23. The number of fused-ring (bicyclic) bond motifs is 2. The molecule has 1 aromatic carbocycles. The summed E-state index contributed by atoms with van der Waals surface area (Å²) in [7, 11) is 0. The van der Waals surface area contributed by atoms with Gasteiger partial charge in [-0.25, -0.2) is 0 Å². The van der Waals surface area contributed by atoms with E-state index in [-0.39, 0.29) is 5.91 Å². The molecule has 126 valence electrons. The fourth-order valence-corrected chi connectivity index (χ4v) is 4.62. The highest BCUT2D eigenvalue weighted by Gasteiger charge is 2.23. The normalized spacial score (nSPS) is 15.7. The highest BCUT2D eigenvalue weighted by atomic mass is 32.1. The van der Waals surface area contributed by atoms with Crippen molar-refractivity contribution < 1.29 is 14.3 Å². The Kier molecular flexibility index (Phi) is 4.06. The van der Waals surface area contributed by atoms with Crippen LogP contribution >= 0.6 is 11.3 Å². The first-order valence-electron chi connectivity index (χ1n) is 8.29. The highest BCUT2D eigenvalue weighted by molar-refractivity contribution is 7.16. The Morgan fingerprint density at radius 1 is 1.17 bits per heavy atom. The fraction of sp³-hybridized carbons (Fsp3) is 0.389. The monoisotopic (exact) mass is 344 g/mol. The lowest BCUT2D eigenvalue weighted by molar-refractivity contribution is 0.100. The van der Waals surface area contributed by atoms with Crippen molar-refractivity contribution in [2.75, 3.05) is 18.5 Å². The molecule has 6 heteroatoms. The van der Waals surface area contributed by atoms with E-state index in [1.807, 2.05) is 18.2 Å². The number of hydrogen-bond acceptors (Lipinski definition) is 5. The second-order valence-corrected chi connectivity index (χ2v) is 7.22. The molecule has 1 aliphatic carbocycles. The smallest absolute Gasteiger partial charge is 0.251 e. The number of nitrogens with two attached hydrogens (primary N) is 1. The van der Waals surface area contributed by atoms with Gasteiger partial charge in [-0.05, 0) is 48.9 Å². The summed E-state index contributed by atoms with van der Waals surface area (Å²) in [6, 6.07) is 5.93. The molecule has 0 saturated carbocycles. The van der Waals surface area contributed by atoms with Crippen LogP contribution in [0.1, 0.15) is 39.2 Å². The fourth-order valence-electron chi connectivity index (χ4n) is 3.33. The summed E-state index contributed by atoms with van der Waals surface area (Å²) in [4.78, 5) is 13.2. The summed E-state index contributed by atoms with van der Waals surface area (Å²) in [5.41, 5.74) is 8.56. The lowest BCUT2D eigenvalue weighted by Crippen LogP contribution is -2.16. The molecule has 2 aliphatic rings. The number of ether oxygens (including phenoxy) is 2. The first-order chi connectivity index (χ1) is 11.7. The molecule has 2 aromatic rings. The molecule has 0 unspecified atom stereocenters. The van der Waals surface area contributed by atoms with Crippen molar-refractivity contribution in [1.82, 2.24) is 0 Å². The lowest BCUT2D eigenvalue weighted by atomic mass is 9.95. The molecule has 0 spiro atoms. The van der Waals surface area contributed by atoms with Crippen LogP contribution in [0.4, 0.5) is 5.00 Å². The number of aryl methyl sites for hydroxylation is 1. The Hall–Kier alpha value is -2.21. The number of carbonyl (C=O) groups excluding carboxylic acids is 1. The van der Waals surface area contributed by atoms with E-state index in [4.69, 9.17) is 15.2 Å². The molecule has 0 bridgehead atoms. The Morgan fingerprint density at radius 2 is 1.96 bits per heavy atom. The van der Waals surface area contributed by atoms with Crippen molar-refractivity contribution in [3.05, 3.63) is 39.8 Å². The molecule has 0 fully saturated rings. The summed E-state index contributed by atoms with van der Waals surface area (Å²) >= 11 is 1.67. The molecule has 4 rings (SSSR count). The zero-order chi connectivity index (χ0) is 16.5. The van der Waals surface area contributed by atoms with E-state index in [1.54, 1.807) is 11.3 Å². The molecular formula is C18H20N2O3S. The van der Waals surface area contributed by atoms with Crippen LogP contribution < -0.4 is 20.5 Å². The van der Waals surface area contributed by atoms with E-state index in [0.29, 0.717) is 25.3 Å². The van der Waals surface area contributed by atoms with E-state index in [2.05, 4.69) is 5.32 Å². The van der Waals surface area contributed by atoms with Gasteiger partial charge in [-0.2, -0.15) is 0 Å². The number of carbonyl (C=O) groups is 1. The maximum Gasteiger partial charge on any atom is 0.251 e. The van der Waals surface area contributed by atoms with Gasteiger partial charge >= 0.3 is 0 Å². The van der Waals surface area contributed by atoms with Gasteiger partial charge < -0.3 is 20.5 Å². The van der Waals surface area contributed by atoms with E-state index < -0.39 is 0 Å². The van der Waals surface area contributed by atoms with Crippen LogP contribution in [0.5, 0.6) is 11.5 Å². The largest absolute Gasteiger partial charge is 0.486 e. The van der Waals surface area contributed by atoms with Gasteiger partial charge in [0.05, 0.1) is 5.56 Å². The number of nitrogens with one attached hydrogen (secondary N) is 1.